The number of carbonyl (C=O) groups is 1. The molecule has 0 aliphatic carbocycles. The molecule has 1 saturated heterocycles. The van der Waals surface area contributed by atoms with E-state index in [1.54, 1.807) is 17.7 Å². The number of piperidine rings is 1. The van der Waals surface area contributed by atoms with Gasteiger partial charge in [-0.05, 0) is 36.8 Å². The Hall–Kier alpha value is -3.33. The lowest BCUT2D eigenvalue weighted by Gasteiger charge is -2.32. The van der Waals surface area contributed by atoms with Gasteiger partial charge >= 0.3 is 0 Å². The monoisotopic (exact) mass is 448 g/mol. The third kappa shape index (κ3) is 4.47. The predicted octanol–water partition coefficient (Wildman–Crippen LogP) is 3.63. The fourth-order valence-corrected chi connectivity index (χ4v) is 4.86. The fourth-order valence-electron chi connectivity index (χ4n) is 4.13. The molecule has 164 valence electrons. The lowest BCUT2D eigenvalue weighted by atomic mass is 9.98. The Balaban J connectivity index is 1.21. The largest absolute Gasteiger partial charge is 0.355 e. The van der Waals surface area contributed by atoms with Gasteiger partial charge in [0.25, 0.3) is 0 Å². The number of hydrogen-bond donors (Lipinski definition) is 1. The summed E-state index contributed by atoms with van der Waals surface area (Å²) in [5.74, 6) is 1.96. The zero-order chi connectivity index (χ0) is 21.9. The number of anilines is 1. The molecule has 1 fully saturated rings. The van der Waals surface area contributed by atoms with Crippen LogP contribution in [0.25, 0.3) is 10.2 Å². The molecule has 1 unspecified atom stereocenters. The minimum absolute atomic E-state index is 0.104. The quantitative estimate of drug-likeness (QED) is 0.481. The molecule has 1 amide bonds. The van der Waals surface area contributed by atoms with Gasteiger partial charge in [0, 0.05) is 19.6 Å². The molecule has 4 heterocycles. The highest BCUT2D eigenvalue weighted by Gasteiger charge is 2.28. The molecule has 0 bridgehead atoms. The highest BCUT2D eigenvalue weighted by Crippen LogP contribution is 2.32. The molecular weight excluding hydrogens is 424 g/mol. The molecular formula is C23H24N6O2S. The van der Waals surface area contributed by atoms with Crippen molar-refractivity contribution < 1.29 is 9.32 Å². The van der Waals surface area contributed by atoms with Gasteiger partial charge in [0.1, 0.15) is 17.0 Å². The molecule has 0 radical (unpaired) electrons. The average molecular weight is 449 g/mol. The van der Waals surface area contributed by atoms with Gasteiger partial charge in [-0.25, -0.2) is 9.97 Å². The van der Waals surface area contributed by atoms with Gasteiger partial charge < -0.3 is 14.7 Å². The third-order valence-electron chi connectivity index (χ3n) is 5.69. The Morgan fingerprint density at radius 3 is 3.16 bits per heavy atom. The van der Waals surface area contributed by atoms with Crippen molar-refractivity contribution >= 4 is 33.3 Å². The second-order valence-corrected chi connectivity index (χ2v) is 9.01. The van der Waals surface area contributed by atoms with E-state index in [9.17, 15) is 4.79 Å². The molecule has 1 aliphatic rings. The van der Waals surface area contributed by atoms with Gasteiger partial charge in [-0.15, -0.1) is 11.3 Å². The highest BCUT2D eigenvalue weighted by molar-refractivity contribution is 7.16. The van der Waals surface area contributed by atoms with Crippen molar-refractivity contribution in [2.24, 2.45) is 0 Å². The summed E-state index contributed by atoms with van der Waals surface area (Å²) in [4.78, 5) is 29.0. The molecule has 9 heteroatoms. The number of amides is 1. The Morgan fingerprint density at radius 2 is 2.25 bits per heavy atom. The van der Waals surface area contributed by atoms with Crippen LogP contribution in [0.3, 0.4) is 0 Å². The molecule has 1 aromatic carbocycles. The van der Waals surface area contributed by atoms with Crippen LogP contribution in [0.4, 0.5) is 5.82 Å². The standard InChI is InChI=1S/C23H24N6O2S/c1-15-4-2-5-16(10-15)12-24-20(30)11-19-27-22(31-28-19)17-6-3-8-29(13-17)21-18-7-9-32-23(18)26-14-25-21/h2,4-5,7,9-10,14,17H,3,6,8,11-13H2,1H3,(H,24,30). The Labute approximate surface area is 189 Å². The maximum Gasteiger partial charge on any atom is 0.231 e. The Morgan fingerprint density at radius 1 is 1.31 bits per heavy atom. The van der Waals surface area contributed by atoms with Crippen molar-refractivity contribution in [3.05, 3.63) is 64.9 Å². The van der Waals surface area contributed by atoms with Crippen molar-refractivity contribution in [3.63, 3.8) is 0 Å². The van der Waals surface area contributed by atoms with Crippen LogP contribution >= 0.6 is 11.3 Å². The van der Waals surface area contributed by atoms with E-state index in [1.807, 2.05) is 30.5 Å². The molecule has 5 rings (SSSR count). The molecule has 4 aromatic rings. The smallest absolute Gasteiger partial charge is 0.231 e. The zero-order valence-corrected chi connectivity index (χ0v) is 18.6. The fraction of sp³-hybridized carbons (Fsp3) is 0.348. The minimum atomic E-state index is -0.120. The summed E-state index contributed by atoms with van der Waals surface area (Å²) >= 11 is 1.62. The summed E-state index contributed by atoms with van der Waals surface area (Å²) in [7, 11) is 0. The van der Waals surface area contributed by atoms with Crippen LogP contribution in [-0.4, -0.2) is 39.1 Å². The van der Waals surface area contributed by atoms with Crippen molar-refractivity contribution in [2.75, 3.05) is 18.0 Å². The highest BCUT2D eigenvalue weighted by atomic mass is 32.1. The number of nitrogens with zero attached hydrogens (tertiary/aromatic N) is 5. The van der Waals surface area contributed by atoms with Gasteiger partial charge in [-0.1, -0.05) is 35.0 Å². The average Bonchev–Trinajstić information content (AvgIpc) is 3.47. The third-order valence-corrected chi connectivity index (χ3v) is 6.51. The molecule has 1 atom stereocenters. The summed E-state index contributed by atoms with van der Waals surface area (Å²) in [5.41, 5.74) is 2.24. The predicted molar refractivity (Wildman–Crippen MR) is 123 cm³/mol. The normalized spacial score (nSPS) is 16.4. The number of benzene rings is 1. The van der Waals surface area contributed by atoms with E-state index < -0.39 is 0 Å². The van der Waals surface area contributed by atoms with E-state index in [-0.39, 0.29) is 18.2 Å². The van der Waals surface area contributed by atoms with Crippen LogP contribution in [-0.2, 0) is 17.8 Å². The van der Waals surface area contributed by atoms with Crippen LogP contribution < -0.4 is 10.2 Å². The van der Waals surface area contributed by atoms with E-state index in [0.29, 0.717) is 18.3 Å². The second kappa shape index (κ2) is 9.04. The Bertz CT molecular complexity index is 1240. The van der Waals surface area contributed by atoms with Crippen molar-refractivity contribution in [2.45, 2.75) is 38.6 Å². The molecule has 0 spiro atoms. The van der Waals surface area contributed by atoms with Crippen LogP contribution in [0.5, 0.6) is 0 Å². The minimum Gasteiger partial charge on any atom is -0.355 e. The summed E-state index contributed by atoms with van der Waals surface area (Å²) in [5, 5.41) is 10.1. The maximum absolute atomic E-state index is 12.3. The number of nitrogens with one attached hydrogen (secondary N) is 1. The summed E-state index contributed by atoms with van der Waals surface area (Å²) in [6.45, 7) is 4.20. The number of rotatable bonds is 6. The summed E-state index contributed by atoms with van der Waals surface area (Å²) in [6, 6.07) is 10.1. The van der Waals surface area contributed by atoms with Crippen LogP contribution in [0.15, 0.2) is 46.6 Å². The van der Waals surface area contributed by atoms with Gasteiger partial charge in [0.05, 0.1) is 17.7 Å². The number of carbonyl (C=O) groups excluding carboxylic acids is 1. The number of thiophene rings is 1. The first-order valence-corrected chi connectivity index (χ1v) is 11.6. The number of aromatic nitrogens is 4. The molecule has 1 N–H and O–H groups in total. The maximum atomic E-state index is 12.3. The molecule has 3 aromatic heterocycles. The summed E-state index contributed by atoms with van der Waals surface area (Å²) in [6.07, 6.45) is 3.70. The topological polar surface area (TPSA) is 97.0 Å². The molecule has 8 nitrogen and oxygen atoms in total. The first-order chi connectivity index (χ1) is 15.7. The van der Waals surface area contributed by atoms with Gasteiger partial charge in [-0.3, -0.25) is 4.79 Å². The van der Waals surface area contributed by atoms with Crippen molar-refractivity contribution in [1.29, 1.82) is 0 Å². The zero-order valence-electron chi connectivity index (χ0n) is 17.8. The lowest BCUT2D eigenvalue weighted by Crippen LogP contribution is -2.35. The summed E-state index contributed by atoms with van der Waals surface area (Å²) < 4.78 is 5.54. The van der Waals surface area contributed by atoms with Crippen LogP contribution in [0.2, 0.25) is 0 Å². The van der Waals surface area contributed by atoms with E-state index >= 15 is 0 Å². The van der Waals surface area contributed by atoms with Gasteiger partial charge in [0.2, 0.25) is 11.8 Å². The second-order valence-electron chi connectivity index (χ2n) is 8.11. The van der Waals surface area contributed by atoms with Gasteiger partial charge in [0.15, 0.2) is 5.82 Å². The molecule has 32 heavy (non-hydrogen) atoms. The first-order valence-electron chi connectivity index (χ1n) is 10.7. The van der Waals surface area contributed by atoms with Crippen molar-refractivity contribution in [3.8, 4) is 0 Å². The number of aryl methyl sites for hydroxylation is 1. The van der Waals surface area contributed by atoms with Crippen LogP contribution in [0.1, 0.15) is 41.6 Å². The van der Waals surface area contributed by atoms with Crippen LogP contribution in [0, 0.1) is 6.92 Å². The lowest BCUT2D eigenvalue weighted by molar-refractivity contribution is -0.120. The SMILES string of the molecule is Cc1cccc(CNC(=O)Cc2noc(C3CCCN(c4ncnc5sccc45)C3)n2)c1. The van der Waals surface area contributed by atoms with E-state index in [4.69, 9.17) is 4.52 Å². The van der Waals surface area contributed by atoms with E-state index in [1.165, 1.54) is 5.56 Å². The van der Waals surface area contributed by atoms with Gasteiger partial charge in [-0.2, -0.15) is 4.98 Å². The molecule has 0 saturated carbocycles. The Kier molecular flexibility index (Phi) is 5.81. The molecule has 1 aliphatic heterocycles. The number of fused-ring (bicyclic) bond motifs is 1. The first kappa shape index (κ1) is 20.6. The van der Waals surface area contributed by atoms with E-state index in [2.05, 4.69) is 42.5 Å². The number of hydrogen-bond acceptors (Lipinski definition) is 8. The van der Waals surface area contributed by atoms with Crippen molar-refractivity contribution in [1.82, 2.24) is 25.4 Å². The van der Waals surface area contributed by atoms with E-state index in [0.717, 1.165) is 47.5 Å².